The second-order valence-corrected chi connectivity index (χ2v) is 5.48. The van der Waals surface area contributed by atoms with Gasteiger partial charge in [0.25, 0.3) is 0 Å². The average molecular weight is 274 g/mol. The number of aliphatic hydroxyl groups excluding tert-OH is 2. The van der Waals surface area contributed by atoms with Gasteiger partial charge in [-0.2, -0.15) is 0 Å². The van der Waals surface area contributed by atoms with Gasteiger partial charge in [0.15, 0.2) is 12.1 Å². The lowest BCUT2D eigenvalue weighted by molar-refractivity contribution is -0.241. The maximum absolute atomic E-state index is 11.9. The molecule has 0 aromatic heterocycles. The summed E-state index contributed by atoms with van der Waals surface area (Å²) >= 11 is 0. The Morgan fingerprint density at radius 1 is 1.37 bits per heavy atom. The fourth-order valence-electron chi connectivity index (χ4n) is 2.65. The molecule has 2 saturated heterocycles. The van der Waals surface area contributed by atoms with Gasteiger partial charge >= 0.3 is 0 Å². The molecule has 2 heterocycles. The highest BCUT2D eigenvalue weighted by atomic mass is 16.7. The fraction of sp³-hybridized carbons (Fsp3) is 0.923. The average Bonchev–Trinajstić information content (AvgIpc) is 2.34. The Kier molecular flexibility index (Phi) is 4.92. The Bertz CT molecular complexity index is 310. The largest absolute Gasteiger partial charge is 0.394 e. The van der Waals surface area contributed by atoms with E-state index in [1.165, 1.54) is 0 Å². The first-order chi connectivity index (χ1) is 9.01. The van der Waals surface area contributed by atoms with Crippen molar-refractivity contribution in [2.75, 3.05) is 13.2 Å². The minimum Gasteiger partial charge on any atom is -0.394 e. The summed E-state index contributed by atoms with van der Waals surface area (Å²) in [5.41, 5.74) is 0. The highest BCUT2D eigenvalue weighted by Gasteiger charge is 2.40. The Morgan fingerprint density at radius 3 is 2.74 bits per heavy atom. The van der Waals surface area contributed by atoms with Crippen LogP contribution in [0.15, 0.2) is 0 Å². The predicted molar refractivity (Wildman–Crippen MR) is 65.4 cm³/mol. The van der Waals surface area contributed by atoms with Crippen LogP contribution in [0.1, 0.15) is 26.7 Å². The van der Waals surface area contributed by atoms with Gasteiger partial charge in [-0.1, -0.05) is 6.92 Å². The SMILES string of the molecule is CC1CC(OC2CO[C@H](CO)C(O)C2=O)O[C@@H](C)C1. The molecule has 0 radical (unpaired) electrons. The molecule has 0 aliphatic carbocycles. The highest BCUT2D eigenvalue weighted by molar-refractivity contribution is 5.88. The van der Waals surface area contributed by atoms with Gasteiger partial charge in [0.1, 0.15) is 18.3 Å². The van der Waals surface area contributed by atoms with Crippen LogP contribution in [0.2, 0.25) is 0 Å². The summed E-state index contributed by atoms with van der Waals surface area (Å²) in [7, 11) is 0. The van der Waals surface area contributed by atoms with E-state index >= 15 is 0 Å². The van der Waals surface area contributed by atoms with Crippen molar-refractivity contribution in [1.29, 1.82) is 0 Å². The van der Waals surface area contributed by atoms with Crippen LogP contribution in [0.25, 0.3) is 0 Å². The van der Waals surface area contributed by atoms with Crippen LogP contribution in [-0.4, -0.2) is 59.9 Å². The molecule has 19 heavy (non-hydrogen) atoms. The number of ketones is 1. The summed E-state index contributed by atoms with van der Waals surface area (Å²) in [5, 5.41) is 18.6. The zero-order valence-electron chi connectivity index (χ0n) is 11.3. The minimum absolute atomic E-state index is 0.0454. The van der Waals surface area contributed by atoms with E-state index in [1.54, 1.807) is 0 Å². The molecular formula is C13H22O6. The van der Waals surface area contributed by atoms with E-state index in [0.717, 1.165) is 12.8 Å². The third kappa shape index (κ3) is 3.52. The molecule has 6 nitrogen and oxygen atoms in total. The topological polar surface area (TPSA) is 85.2 Å². The van der Waals surface area contributed by atoms with Crippen molar-refractivity contribution in [1.82, 2.24) is 0 Å². The third-order valence-corrected chi connectivity index (χ3v) is 3.63. The van der Waals surface area contributed by atoms with Gasteiger partial charge in [0.05, 0.1) is 19.3 Å². The Hall–Kier alpha value is -0.530. The van der Waals surface area contributed by atoms with Gasteiger partial charge in [0.2, 0.25) is 0 Å². The second-order valence-electron chi connectivity index (χ2n) is 5.48. The quantitative estimate of drug-likeness (QED) is 0.744. The van der Waals surface area contributed by atoms with Crippen LogP contribution >= 0.6 is 0 Å². The van der Waals surface area contributed by atoms with E-state index in [-0.39, 0.29) is 19.3 Å². The molecule has 4 unspecified atom stereocenters. The normalized spacial score (nSPS) is 44.3. The molecule has 0 saturated carbocycles. The first kappa shape index (κ1) is 14.9. The van der Waals surface area contributed by atoms with Gasteiger partial charge in [-0.15, -0.1) is 0 Å². The minimum atomic E-state index is -1.33. The summed E-state index contributed by atoms with van der Waals surface area (Å²) in [4.78, 5) is 11.9. The zero-order valence-corrected chi connectivity index (χ0v) is 11.3. The Balaban J connectivity index is 1.90. The van der Waals surface area contributed by atoms with Crippen LogP contribution in [0.4, 0.5) is 0 Å². The van der Waals surface area contributed by atoms with Crippen molar-refractivity contribution < 1.29 is 29.2 Å². The number of hydrogen-bond acceptors (Lipinski definition) is 6. The van der Waals surface area contributed by atoms with Gasteiger partial charge in [0, 0.05) is 6.42 Å². The van der Waals surface area contributed by atoms with Crippen molar-refractivity contribution in [3.8, 4) is 0 Å². The molecule has 0 aromatic carbocycles. The molecule has 2 N–H and O–H groups in total. The molecule has 2 fully saturated rings. The summed E-state index contributed by atoms with van der Waals surface area (Å²) in [6.45, 7) is 3.75. The number of rotatable bonds is 3. The Morgan fingerprint density at radius 2 is 2.11 bits per heavy atom. The molecule has 110 valence electrons. The van der Waals surface area contributed by atoms with Crippen molar-refractivity contribution in [3.05, 3.63) is 0 Å². The molecule has 2 aliphatic rings. The molecule has 2 aliphatic heterocycles. The maximum atomic E-state index is 11.9. The van der Waals surface area contributed by atoms with Crippen molar-refractivity contribution in [2.45, 2.75) is 57.4 Å². The highest BCUT2D eigenvalue weighted by Crippen LogP contribution is 2.27. The standard InChI is InChI=1S/C13H22O6/c1-7-3-8(2)18-11(4-7)19-10-6-17-9(5-14)12(15)13(10)16/h7-12,14-15H,3-6H2,1-2H3/t7?,8-,9+,10?,11?,12?/m0/s1. The van der Waals surface area contributed by atoms with Gasteiger partial charge in [-0.3, -0.25) is 4.79 Å². The van der Waals surface area contributed by atoms with E-state index in [1.807, 2.05) is 6.92 Å². The van der Waals surface area contributed by atoms with Crippen molar-refractivity contribution in [2.24, 2.45) is 5.92 Å². The van der Waals surface area contributed by atoms with Crippen molar-refractivity contribution in [3.63, 3.8) is 0 Å². The molecule has 2 rings (SSSR count). The van der Waals surface area contributed by atoms with Crippen LogP contribution < -0.4 is 0 Å². The van der Waals surface area contributed by atoms with E-state index in [2.05, 4.69) is 6.92 Å². The second kappa shape index (κ2) is 6.28. The molecule has 0 bridgehead atoms. The van der Waals surface area contributed by atoms with E-state index in [4.69, 9.17) is 19.3 Å². The maximum Gasteiger partial charge on any atom is 0.195 e. The van der Waals surface area contributed by atoms with Crippen LogP contribution in [0, 0.1) is 5.92 Å². The number of hydrogen-bond donors (Lipinski definition) is 2. The van der Waals surface area contributed by atoms with E-state index in [0.29, 0.717) is 5.92 Å². The van der Waals surface area contributed by atoms with E-state index in [9.17, 15) is 9.90 Å². The summed E-state index contributed by atoms with van der Waals surface area (Å²) < 4.78 is 16.5. The lowest BCUT2D eigenvalue weighted by atomic mass is 9.97. The number of ether oxygens (including phenoxy) is 3. The van der Waals surface area contributed by atoms with Crippen LogP contribution in [-0.2, 0) is 19.0 Å². The summed E-state index contributed by atoms with van der Waals surface area (Å²) in [5.74, 6) is 0.0308. The smallest absolute Gasteiger partial charge is 0.195 e. The zero-order chi connectivity index (χ0) is 14.0. The first-order valence-corrected chi connectivity index (χ1v) is 6.76. The monoisotopic (exact) mass is 274 g/mol. The molecule has 0 spiro atoms. The number of carbonyl (C=O) groups is 1. The summed E-state index contributed by atoms with van der Waals surface area (Å²) in [6, 6.07) is 0. The van der Waals surface area contributed by atoms with Gasteiger partial charge in [-0.25, -0.2) is 0 Å². The molecular weight excluding hydrogens is 252 g/mol. The lowest BCUT2D eigenvalue weighted by Crippen LogP contribution is -2.53. The third-order valence-electron chi connectivity index (χ3n) is 3.63. The lowest BCUT2D eigenvalue weighted by Gasteiger charge is -2.36. The number of Topliss-reactive ketones (excluding diaryl/α,β-unsaturated/α-hetero) is 1. The molecule has 0 aromatic rings. The van der Waals surface area contributed by atoms with Crippen molar-refractivity contribution >= 4 is 5.78 Å². The van der Waals surface area contributed by atoms with E-state index < -0.39 is 30.4 Å². The van der Waals surface area contributed by atoms with Crippen LogP contribution in [0.5, 0.6) is 0 Å². The van der Waals surface area contributed by atoms with Crippen LogP contribution in [0.3, 0.4) is 0 Å². The van der Waals surface area contributed by atoms with Gasteiger partial charge in [-0.05, 0) is 19.3 Å². The number of aliphatic hydroxyl groups is 2. The molecule has 0 amide bonds. The molecule has 6 heteroatoms. The first-order valence-electron chi connectivity index (χ1n) is 6.76. The number of carbonyl (C=O) groups excluding carboxylic acids is 1. The molecule has 6 atom stereocenters. The predicted octanol–water partition coefficient (Wildman–Crippen LogP) is -0.146. The fourth-order valence-corrected chi connectivity index (χ4v) is 2.65. The Labute approximate surface area is 112 Å². The van der Waals surface area contributed by atoms with Gasteiger partial charge < -0.3 is 24.4 Å². The summed E-state index contributed by atoms with van der Waals surface area (Å²) in [6.07, 6.45) is -1.63.